The molecule has 0 saturated heterocycles. The van der Waals surface area contributed by atoms with Gasteiger partial charge in [0.15, 0.2) is 0 Å². The molecule has 1 aliphatic rings. The second-order valence-electron chi connectivity index (χ2n) is 3.03. The summed E-state index contributed by atoms with van der Waals surface area (Å²) in [5, 5.41) is 14.3. The number of hydrogen-bond acceptors (Lipinski definition) is 4. The largest absolute Gasteiger partial charge is 0.272 e. The summed E-state index contributed by atoms with van der Waals surface area (Å²) in [6.07, 6.45) is 7.56. The molecule has 74 valence electrons. The van der Waals surface area contributed by atoms with Crippen molar-refractivity contribution in [2.24, 2.45) is 5.14 Å². The SMILES string of the molecule is C1CCC1.N#Cc1ccnc(SN)c1. The van der Waals surface area contributed by atoms with Crippen LogP contribution in [0.2, 0.25) is 0 Å². The minimum Gasteiger partial charge on any atom is -0.272 e. The van der Waals surface area contributed by atoms with Gasteiger partial charge in [0.2, 0.25) is 0 Å². The first-order chi connectivity index (χ1) is 6.86. The van der Waals surface area contributed by atoms with Crippen molar-refractivity contribution in [3.05, 3.63) is 23.9 Å². The molecule has 0 radical (unpaired) electrons. The normalized spacial score (nSPS) is 13.1. The van der Waals surface area contributed by atoms with Crippen molar-refractivity contribution in [3.63, 3.8) is 0 Å². The van der Waals surface area contributed by atoms with Crippen LogP contribution in [-0.2, 0) is 0 Å². The minimum absolute atomic E-state index is 0.586. The average molecular weight is 207 g/mol. The van der Waals surface area contributed by atoms with E-state index in [-0.39, 0.29) is 0 Å². The zero-order chi connectivity index (χ0) is 10.2. The monoisotopic (exact) mass is 207 g/mol. The summed E-state index contributed by atoms with van der Waals surface area (Å²) < 4.78 is 0. The standard InChI is InChI=1S/C6H5N3S.C4H8/c7-4-5-1-2-9-6(3-5)10-8;1-2-4-3-1/h1-3H,8H2;1-4H2. The third kappa shape index (κ3) is 3.77. The molecule has 0 atom stereocenters. The van der Waals surface area contributed by atoms with Crippen molar-refractivity contribution in [2.45, 2.75) is 30.7 Å². The van der Waals surface area contributed by atoms with Crippen LogP contribution in [0.3, 0.4) is 0 Å². The van der Waals surface area contributed by atoms with Gasteiger partial charge in [0.1, 0.15) is 5.03 Å². The Morgan fingerprint density at radius 3 is 2.43 bits per heavy atom. The van der Waals surface area contributed by atoms with E-state index in [1.165, 1.54) is 25.7 Å². The van der Waals surface area contributed by atoms with Gasteiger partial charge in [-0.3, -0.25) is 5.14 Å². The maximum atomic E-state index is 8.43. The lowest BCUT2D eigenvalue weighted by molar-refractivity contribution is 0.504. The lowest BCUT2D eigenvalue weighted by atomic mass is 10.0. The van der Waals surface area contributed by atoms with Crippen LogP contribution in [0.4, 0.5) is 0 Å². The number of nitriles is 1. The van der Waals surface area contributed by atoms with E-state index in [2.05, 4.69) is 4.98 Å². The third-order valence-electron chi connectivity index (χ3n) is 1.98. The zero-order valence-electron chi connectivity index (χ0n) is 7.94. The molecule has 1 fully saturated rings. The number of nitrogens with zero attached hydrogens (tertiary/aromatic N) is 2. The van der Waals surface area contributed by atoms with Crippen LogP contribution in [0.15, 0.2) is 23.4 Å². The second kappa shape index (κ2) is 6.41. The van der Waals surface area contributed by atoms with Gasteiger partial charge in [-0.05, 0) is 24.1 Å². The Balaban J connectivity index is 0.000000203. The second-order valence-corrected chi connectivity index (χ2v) is 3.68. The van der Waals surface area contributed by atoms with Crippen LogP contribution in [0, 0.1) is 11.3 Å². The highest BCUT2D eigenvalue weighted by atomic mass is 32.2. The van der Waals surface area contributed by atoms with Gasteiger partial charge >= 0.3 is 0 Å². The van der Waals surface area contributed by atoms with E-state index in [4.69, 9.17) is 10.4 Å². The maximum Gasteiger partial charge on any atom is 0.112 e. The molecule has 0 aromatic carbocycles. The molecule has 1 aromatic rings. The number of aromatic nitrogens is 1. The van der Waals surface area contributed by atoms with Crippen molar-refractivity contribution in [1.29, 1.82) is 5.26 Å². The Labute approximate surface area is 88.5 Å². The lowest BCUT2D eigenvalue weighted by Gasteiger charge is -2.05. The van der Waals surface area contributed by atoms with E-state index >= 15 is 0 Å². The molecule has 0 unspecified atom stereocenters. The Hall–Kier alpha value is -1.05. The summed E-state index contributed by atoms with van der Waals surface area (Å²) in [6.45, 7) is 0. The molecule has 4 heteroatoms. The quantitative estimate of drug-likeness (QED) is 0.718. The van der Waals surface area contributed by atoms with E-state index in [0.29, 0.717) is 10.6 Å². The first-order valence-electron chi connectivity index (χ1n) is 4.59. The number of rotatable bonds is 1. The molecule has 0 amide bonds. The zero-order valence-corrected chi connectivity index (χ0v) is 8.76. The smallest absolute Gasteiger partial charge is 0.112 e. The highest BCUT2D eigenvalue weighted by molar-refractivity contribution is 7.97. The summed E-state index contributed by atoms with van der Waals surface area (Å²) in [5.41, 5.74) is 0.586. The topological polar surface area (TPSA) is 62.7 Å². The van der Waals surface area contributed by atoms with Crippen molar-refractivity contribution < 1.29 is 0 Å². The first kappa shape index (κ1) is 11.0. The maximum absolute atomic E-state index is 8.43. The summed E-state index contributed by atoms with van der Waals surface area (Å²) >= 11 is 1.04. The number of pyridine rings is 1. The lowest BCUT2D eigenvalue weighted by Crippen LogP contribution is -1.85. The van der Waals surface area contributed by atoms with Gasteiger partial charge in [-0.15, -0.1) is 0 Å². The van der Waals surface area contributed by atoms with E-state index < -0.39 is 0 Å². The molecule has 1 aliphatic carbocycles. The van der Waals surface area contributed by atoms with Gasteiger partial charge in [0.25, 0.3) is 0 Å². The van der Waals surface area contributed by atoms with Crippen molar-refractivity contribution >= 4 is 11.9 Å². The molecule has 0 spiro atoms. The van der Waals surface area contributed by atoms with Crippen molar-refractivity contribution in [3.8, 4) is 6.07 Å². The van der Waals surface area contributed by atoms with Gasteiger partial charge in [-0.25, -0.2) is 4.98 Å². The Bertz CT molecular complexity index is 311. The van der Waals surface area contributed by atoms with Crippen molar-refractivity contribution in [1.82, 2.24) is 4.98 Å². The van der Waals surface area contributed by atoms with Gasteiger partial charge < -0.3 is 0 Å². The third-order valence-corrected chi connectivity index (χ3v) is 2.45. The van der Waals surface area contributed by atoms with Crippen LogP contribution in [0.25, 0.3) is 0 Å². The summed E-state index contributed by atoms with van der Waals surface area (Å²) in [6, 6.07) is 5.27. The number of hydrogen-bond donors (Lipinski definition) is 1. The van der Waals surface area contributed by atoms with Crippen LogP contribution in [0.1, 0.15) is 31.2 Å². The summed E-state index contributed by atoms with van der Waals surface area (Å²) in [4.78, 5) is 3.89. The van der Waals surface area contributed by atoms with Gasteiger partial charge in [0, 0.05) is 6.20 Å². The molecule has 2 rings (SSSR count). The Kier molecular flexibility index (Phi) is 5.05. The van der Waals surface area contributed by atoms with E-state index in [0.717, 1.165) is 11.9 Å². The molecule has 2 N–H and O–H groups in total. The van der Waals surface area contributed by atoms with E-state index in [1.54, 1.807) is 18.3 Å². The molecule has 3 nitrogen and oxygen atoms in total. The molecule has 1 saturated carbocycles. The molecule has 0 aliphatic heterocycles. The molecule has 0 bridgehead atoms. The van der Waals surface area contributed by atoms with Crippen LogP contribution in [0.5, 0.6) is 0 Å². The van der Waals surface area contributed by atoms with Gasteiger partial charge in [-0.1, -0.05) is 25.7 Å². The predicted octanol–water partition coefficient (Wildman–Crippen LogP) is 2.48. The Morgan fingerprint density at radius 2 is 2.00 bits per heavy atom. The van der Waals surface area contributed by atoms with Crippen LogP contribution < -0.4 is 5.14 Å². The highest BCUT2D eigenvalue weighted by Crippen LogP contribution is 2.15. The van der Waals surface area contributed by atoms with E-state index in [9.17, 15) is 0 Å². The molecular formula is C10H13N3S. The molecule has 14 heavy (non-hydrogen) atoms. The average Bonchev–Trinajstić information content (AvgIpc) is 2.15. The highest BCUT2D eigenvalue weighted by Gasteiger charge is 1.95. The fourth-order valence-electron chi connectivity index (χ4n) is 0.793. The molecular weight excluding hydrogens is 194 g/mol. The minimum atomic E-state index is 0.586. The van der Waals surface area contributed by atoms with Crippen molar-refractivity contribution in [2.75, 3.05) is 0 Å². The Morgan fingerprint density at radius 1 is 1.36 bits per heavy atom. The molecule has 1 aromatic heterocycles. The predicted molar refractivity (Wildman–Crippen MR) is 57.5 cm³/mol. The number of nitrogens with two attached hydrogens (primary N) is 1. The van der Waals surface area contributed by atoms with Crippen LogP contribution in [-0.4, -0.2) is 4.98 Å². The first-order valence-corrected chi connectivity index (χ1v) is 5.47. The van der Waals surface area contributed by atoms with Gasteiger partial charge in [0.05, 0.1) is 11.6 Å². The summed E-state index contributed by atoms with van der Waals surface area (Å²) in [5.74, 6) is 0. The van der Waals surface area contributed by atoms with E-state index in [1.807, 2.05) is 6.07 Å². The van der Waals surface area contributed by atoms with Crippen LogP contribution >= 0.6 is 11.9 Å². The fraction of sp³-hybridized carbons (Fsp3) is 0.400. The molecule has 1 heterocycles. The summed E-state index contributed by atoms with van der Waals surface area (Å²) in [7, 11) is 0. The van der Waals surface area contributed by atoms with Gasteiger partial charge in [-0.2, -0.15) is 5.26 Å². The fourth-order valence-corrected chi connectivity index (χ4v) is 1.11.